The van der Waals surface area contributed by atoms with E-state index in [0.29, 0.717) is 30.4 Å². The molecule has 0 saturated heterocycles. The summed E-state index contributed by atoms with van der Waals surface area (Å²) in [5.74, 6) is 1.32. The van der Waals surface area contributed by atoms with Gasteiger partial charge in [0.2, 0.25) is 5.91 Å². The normalized spacial score (nSPS) is 13.6. The molecule has 4 nitrogen and oxygen atoms in total. The van der Waals surface area contributed by atoms with E-state index in [1.54, 1.807) is 0 Å². The molecule has 0 bridgehead atoms. The highest BCUT2D eigenvalue weighted by molar-refractivity contribution is 5.81. The molecule has 1 heterocycles. The first-order valence-corrected chi connectivity index (χ1v) is 30.3. The van der Waals surface area contributed by atoms with Crippen molar-refractivity contribution in [2.45, 2.75) is 324 Å². The highest BCUT2D eigenvalue weighted by Gasteiger charge is 2.20. The number of nitrogens with zero attached hydrogens (tertiary/aromatic N) is 2. The molecule has 0 saturated carbocycles. The fourth-order valence-electron chi connectivity index (χ4n) is 10.5. The molecule has 1 aliphatic heterocycles. The predicted molar refractivity (Wildman–Crippen MR) is 294 cm³/mol. The maximum atomic E-state index is 13.9. The van der Waals surface area contributed by atoms with Gasteiger partial charge in [-0.15, -0.1) is 0 Å². The second kappa shape index (κ2) is 48.6. The van der Waals surface area contributed by atoms with Gasteiger partial charge in [-0.25, -0.2) is 0 Å². The van der Waals surface area contributed by atoms with Crippen molar-refractivity contribution in [3.05, 3.63) is 23.3 Å². The minimum atomic E-state index is 0.324. The summed E-state index contributed by atoms with van der Waals surface area (Å²) in [7, 11) is 0. The van der Waals surface area contributed by atoms with E-state index in [0.717, 1.165) is 58.2 Å². The summed E-state index contributed by atoms with van der Waals surface area (Å²) in [5.41, 5.74) is 2.82. The fraction of sp³-hybridized carbons (Fsp3) is 0.903. The lowest BCUT2D eigenvalue weighted by atomic mass is 9.88. The Labute approximate surface area is 414 Å². The molecule has 0 aromatic rings. The summed E-state index contributed by atoms with van der Waals surface area (Å²) >= 11 is 0. The van der Waals surface area contributed by atoms with Gasteiger partial charge in [-0.05, 0) is 70.4 Å². The molecule has 1 amide bonds. The van der Waals surface area contributed by atoms with E-state index in [9.17, 15) is 9.59 Å². The van der Waals surface area contributed by atoms with E-state index in [4.69, 9.17) is 0 Å². The Bertz CT molecular complexity index is 1090. The van der Waals surface area contributed by atoms with E-state index in [-0.39, 0.29) is 0 Å². The monoisotopic (exact) mass is 923 g/mol. The number of carbonyl (C=O) groups excluding carboxylic acids is 2. The van der Waals surface area contributed by atoms with Gasteiger partial charge >= 0.3 is 0 Å². The van der Waals surface area contributed by atoms with Gasteiger partial charge in [0.15, 0.2) is 0 Å². The van der Waals surface area contributed by atoms with Crippen LogP contribution in [0.25, 0.3) is 0 Å². The third kappa shape index (κ3) is 39.4. The zero-order valence-corrected chi connectivity index (χ0v) is 45.8. The number of allylic oxidation sites excluding steroid dienone is 1. The number of hydrogen-bond acceptors (Lipinski definition) is 3. The number of rotatable bonds is 50. The lowest BCUT2D eigenvalue weighted by Gasteiger charge is -2.24. The van der Waals surface area contributed by atoms with Gasteiger partial charge in [-0.1, -0.05) is 276 Å². The van der Waals surface area contributed by atoms with Crippen molar-refractivity contribution >= 4 is 11.7 Å². The van der Waals surface area contributed by atoms with Gasteiger partial charge in [0.1, 0.15) is 5.78 Å². The van der Waals surface area contributed by atoms with Crippen LogP contribution in [0.5, 0.6) is 0 Å². The van der Waals surface area contributed by atoms with Crippen molar-refractivity contribution in [1.29, 1.82) is 0 Å². The molecule has 0 aliphatic carbocycles. The summed E-state index contributed by atoms with van der Waals surface area (Å²) in [5, 5.41) is 0. The lowest BCUT2D eigenvalue weighted by Crippen LogP contribution is -2.32. The summed E-state index contributed by atoms with van der Waals surface area (Å²) in [6, 6.07) is 0. The molecule has 0 fully saturated rings. The van der Waals surface area contributed by atoms with E-state index < -0.39 is 0 Å². The van der Waals surface area contributed by atoms with E-state index >= 15 is 0 Å². The molecule has 0 atom stereocenters. The Hall–Kier alpha value is -1.42. The third-order valence-corrected chi connectivity index (χ3v) is 15.1. The van der Waals surface area contributed by atoms with Crippen LogP contribution in [0.2, 0.25) is 0 Å². The smallest absolute Gasteiger partial charge is 0.222 e. The predicted octanol–water partition coefficient (Wildman–Crippen LogP) is 19.8. The fourth-order valence-corrected chi connectivity index (χ4v) is 10.5. The highest BCUT2D eigenvalue weighted by atomic mass is 16.2. The molecular formula is C62H118N2O2. The van der Waals surface area contributed by atoms with Gasteiger partial charge < -0.3 is 9.80 Å². The van der Waals surface area contributed by atoms with Crippen molar-refractivity contribution in [2.24, 2.45) is 5.92 Å². The van der Waals surface area contributed by atoms with Gasteiger partial charge in [-0.3, -0.25) is 9.59 Å². The van der Waals surface area contributed by atoms with Crippen LogP contribution in [0.15, 0.2) is 23.3 Å². The van der Waals surface area contributed by atoms with Crippen molar-refractivity contribution in [1.82, 2.24) is 9.80 Å². The van der Waals surface area contributed by atoms with Crippen LogP contribution in [-0.4, -0.2) is 54.2 Å². The third-order valence-electron chi connectivity index (χ3n) is 15.1. The first-order chi connectivity index (χ1) is 32.5. The summed E-state index contributed by atoms with van der Waals surface area (Å²) in [6.07, 6.45) is 61.7. The van der Waals surface area contributed by atoms with Gasteiger partial charge in [0, 0.05) is 38.9 Å². The molecule has 0 unspecified atom stereocenters. The summed E-state index contributed by atoms with van der Waals surface area (Å²) in [4.78, 5) is 32.5. The van der Waals surface area contributed by atoms with Gasteiger partial charge in [-0.2, -0.15) is 0 Å². The number of amides is 1. The van der Waals surface area contributed by atoms with E-state index in [1.165, 1.54) is 262 Å². The number of Topliss-reactive ketones (excluding diaryl/α,β-unsaturated/α-hetero) is 1. The molecule has 0 N–H and O–H groups in total. The van der Waals surface area contributed by atoms with Gasteiger partial charge in [0.05, 0.1) is 0 Å². The molecule has 1 rings (SSSR count). The number of unbranched alkanes of at least 4 members (excludes halogenated alkanes) is 31. The summed E-state index contributed by atoms with van der Waals surface area (Å²) in [6.45, 7) is 16.7. The second-order valence-electron chi connectivity index (χ2n) is 21.5. The largest absolute Gasteiger partial charge is 0.342 e. The van der Waals surface area contributed by atoms with Crippen LogP contribution in [0.4, 0.5) is 0 Å². The SMILES string of the molecule is CCCCCCCCC/C=C(/CCC(=O)N1CCC=C(CC(=O)CC(CCCCCCCCC)CCCCCCCCC)CC1)CCN(CCCCCCCCC)CCCCCCCCC. The maximum Gasteiger partial charge on any atom is 0.222 e. The molecule has 4 heteroatoms. The molecular weight excluding hydrogens is 805 g/mol. The molecule has 1 aliphatic rings. The Kier molecular flexibility index (Phi) is 46.1. The first-order valence-electron chi connectivity index (χ1n) is 30.3. The minimum Gasteiger partial charge on any atom is -0.342 e. The Balaban J connectivity index is 2.78. The van der Waals surface area contributed by atoms with Gasteiger partial charge in [0.25, 0.3) is 0 Å². The summed E-state index contributed by atoms with van der Waals surface area (Å²) < 4.78 is 0. The molecule has 0 aromatic carbocycles. The van der Waals surface area contributed by atoms with E-state index in [2.05, 4.69) is 56.6 Å². The Morgan fingerprint density at radius 1 is 0.500 bits per heavy atom. The average molecular weight is 924 g/mol. The Morgan fingerprint density at radius 2 is 0.924 bits per heavy atom. The maximum absolute atomic E-state index is 13.9. The van der Waals surface area contributed by atoms with Crippen LogP contribution < -0.4 is 0 Å². The zero-order chi connectivity index (χ0) is 47.8. The first kappa shape index (κ1) is 62.6. The average Bonchev–Trinajstić information content (AvgIpc) is 3.56. The quantitative estimate of drug-likeness (QED) is 0.0451. The topological polar surface area (TPSA) is 40.6 Å². The molecule has 66 heavy (non-hydrogen) atoms. The Morgan fingerprint density at radius 3 is 1.39 bits per heavy atom. The van der Waals surface area contributed by atoms with Crippen molar-refractivity contribution in [2.75, 3.05) is 32.7 Å². The standard InChI is InChI=1S/C62H118N2O2/c1-6-11-16-21-26-29-32-37-43-58(49-54-63(51-40-35-30-24-19-14-9-4)52-41-36-31-25-20-15-10-5)47-48-62(66)64-53-42-46-60(50-55-64)57-61(65)56-59(44-38-33-27-22-17-12-7-2)45-39-34-28-23-18-13-8-3/h43,46,59H,6-42,44-45,47-57H2,1-5H3/b58-43-. The van der Waals surface area contributed by atoms with Crippen LogP contribution in [0, 0.1) is 5.92 Å². The molecule has 0 aromatic heterocycles. The van der Waals surface area contributed by atoms with Crippen LogP contribution in [0.3, 0.4) is 0 Å². The highest BCUT2D eigenvalue weighted by Crippen LogP contribution is 2.26. The lowest BCUT2D eigenvalue weighted by molar-refractivity contribution is -0.131. The van der Waals surface area contributed by atoms with Crippen LogP contribution >= 0.6 is 0 Å². The zero-order valence-electron chi connectivity index (χ0n) is 45.8. The number of carbonyl (C=O) groups is 2. The van der Waals surface area contributed by atoms with E-state index in [1.807, 2.05) is 0 Å². The number of hydrogen-bond donors (Lipinski definition) is 0. The minimum absolute atomic E-state index is 0.324. The molecule has 0 radical (unpaired) electrons. The second-order valence-corrected chi connectivity index (χ2v) is 21.5. The molecule has 388 valence electrons. The van der Waals surface area contributed by atoms with Crippen molar-refractivity contribution in [3.63, 3.8) is 0 Å². The van der Waals surface area contributed by atoms with Crippen molar-refractivity contribution < 1.29 is 9.59 Å². The van der Waals surface area contributed by atoms with Crippen LogP contribution in [0.1, 0.15) is 324 Å². The number of ketones is 1. The molecule has 0 spiro atoms. The van der Waals surface area contributed by atoms with Crippen molar-refractivity contribution in [3.8, 4) is 0 Å². The van der Waals surface area contributed by atoms with Crippen LogP contribution in [-0.2, 0) is 9.59 Å².